The second kappa shape index (κ2) is 7.23. The van der Waals surface area contributed by atoms with E-state index in [1.165, 1.54) is 40.4 Å². The second-order valence-electron chi connectivity index (χ2n) is 8.07. The molecule has 0 saturated carbocycles. The van der Waals surface area contributed by atoms with Crippen LogP contribution >= 0.6 is 11.3 Å². The Morgan fingerprint density at radius 3 is 3.09 bits per heavy atom. The zero-order valence-corrected chi connectivity index (χ0v) is 18.1. The van der Waals surface area contributed by atoms with Crippen LogP contribution in [0.5, 0.6) is 0 Å². The second-order valence-corrected chi connectivity index (χ2v) is 9.15. The maximum Gasteiger partial charge on any atom is 0.307 e. The number of nitrogens with zero attached hydrogens (tertiary/aromatic N) is 7. The first-order valence-corrected chi connectivity index (χ1v) is 11.3. The first-order valence-electron chi connectivity index (χ1n) is 10.5. The quantitative estimate of drug-likeness (QED) is 0.290. The van der Waals surface area contributed by atoms with Crippen molar-refractivity contribution in [3.05, 3.63) is 57.2 Å². The predicted molar refractivity (Wildman–Crippen MR) is 118 cm³/mol. The smallest absolute Gasteiger partial charge is 0.307 e. The molecule has 1 atom stereocenters. The highest BCUT2D eigenvalue weighted by Crippen LogP contribution is 2.39. The van der Waals surface area contributed by atoms with Gasteiger partial charge in [-0.3, -0.25) is 14.8 Å². The lowest BCUT2D eigenvalue weighted by molar-refractivity contribution is -0.385. The maximum absolute atomic E-state index is 10.8. The average molecular weight is 449 g/mol. The van der Waals surface area contributed by atoms with Crippen LogP contribution in [0.2, 0.25) is 0 Å². The van der Waals surface area contributed by atoms with Crippen molar-refractivity contribution in [2.75, 3.05) is 0 Å². The number of aryl methyl sites for hydroxylation is 1. The van der Waals surface area contributed by atoms with Gasteiger partial charge < -0.3 is 4.42 Å². The molecule has 0 radical (unpaired) electrons. The molecule has 0 aliphatic heterocycles. The molecule has 1 aliphatic rings. The molecule has 162 valence electrons. The van der Waals surface area contributed by atoms with Gasteiger partial charge in [0.2, 0.25) is 5.82 Å². The normalized spacial score (nSPS) is 16.1. The van der Waals surface area contributed by atoms with Crippen LogP contribution in [-0.4, -0.2) is 34.3 Å². The van der Waals surface area contributed by atoms with Crippen molar-refractivity contribution in [2.45, 2.75) is 39.2 Å². The van der Waals surface area contributed by atoms with Gasteiger partial charge in [-0.1, -0.05) is 13.3 Å². The molecule has 32 heavy (non-hydrogen) atoms. The van der Waals surface area contributed by atoms with Crippen molar-refractivity contribution in [3.8, 4) is 11.6 Å². The molecule has 0 fully saturated rings. The number of rotatable bonds is 5. The van der Waals surface area contributed by atoms with Gasteiger partial charge >= 0.3 is 5.69 Å². The van der Waals surface area contributed by atoms with Gasteiger partial charge in [0.05, 0.1) is 16.9 Å². The minimum absolute atomic E-state index is 0.0559. The van der Waals surface area contributed by atoms with Crippen molar-refractivity contribution in [1.82, 2.24) is 29.4 Å². The lowest BCUT2D eigenvalue weighted by atomic mass is 9.86. The highest BCUT2D eigenvalue weighted by Gasteiger charge is 2.25. The molecule has 5 aromatic rings. The van der Waals surface area contributed by atoms with Crippen molar-refractivity contribution < 1.29 is 9.34 Å². The summed E-state index contributed by atoms with van der Waals surface area (Å²) in [6.45, 7) is 2.54. The lowest BCUT2D eigenvalue weighted by Gasteiger charge is -2.20. The molecule has 0 aromatic carbocycles. The summed E-state index contributed by atoms with van der Waals surface area (Å²) in [7, 11) is 0. The molecule has 0 amide bonds. The molecule has 0 N–H and O–H groups in total. The van der Waals surface area contributed by atoms with Gasteiger partial charge in [-0.05, 0) is 42.9 Å². The third-order valence-electron chi connectivity index (χ3n) is 6.10. The van der Waals surface area contributed by atoms with E-state index in [1.54, 1.807) is 28.2 Å². The molecule has 6 rings (SSSR count). The fourth-order valence-electron chi connectivity index (χ4n) is 4.37. The van der Waals surface area contributed by atoms with E-state index in [-0.39, 0.29) is 12.2 Å². The van der Waals surface area contributed by atoms with Crippen LogP contribution in [0.3, 0.4) is 0 Å². The van der Waals surface area contributed by atoms with Crippen LogP contribution < -0.4 is 0 Å². The highest BCUT2D eigenvalue weighted by atomic mass is 32.1. The fraction of sp³-hybridized carbons (Fsp3) is 0.333. The summed E-state index contributed by atoms with van der Waals surface area (Å²) in [5.41, 5.74) is 2.12. The van der Waals surface area contributed by atoms with Crippen LogP contribution in [0.1, 0.15) is 36.0 Å². The van der Waals surface area contributed by atoms with Gasteiger partial charge in [-0.15, -0.1) is 16.4 Å². The molecule has 5 aromatic heterocycles. The van der Waals surface area contributed by atoms with Crippen molar-refractivity contribution in [2.24, 2.45) is 5.92 Å². The highest BCUT2D eigenvalue weighted by molar-refractivity contribution is 7.19. The summed E-state index contributed by atoms with van der Waals surface area (Å²) in [4.78, 5) is 22.2. The first kappa shape index (κ1) is 19.1. The number of aromatic nitrogens is 6. The molecule has 5 heterocycles. The van der Waals surface area contributed by atoms with E-state index in [1.807, 2.05) is 6.07 Å². The Bertz CT molecular complexity index is 1480. The standard InChI is InChI=1S/C21H19N7O3S/c1-2-12-3-5-15-17(7-12)32-21-18(15)20-24-19(25-27(20)11-22-21)16-6-4-14(31-16)10-26-9-13(8-23-26)28(29)30/h4,6,8-9,11-12H,2-3,5,7,10H2,1H3/t12-/m0/s1. The average Bonchev–Trinajstić information content (AvgIpc) is 3.56. The number of hydrogen-bond acceptors (Lipinski definition) is 8. The molecule has 0 unspecified atom stereocenters. The molecule has 0 bridgehead atoms. The molecule has 0 spiro atoms. The van der Waals surface area contributed by atoms with Gasteiger partial charge in [0.25, 0.3) is 0 Å². The first-order chi connectivity index (χ1) is 15.6. The van der Waals surface area contributed by atoms with E-state index < -0.39 is 4.92 Å². The van der Waals surface area contributed by atoms with Gasteiger partial charge in [0, 0.05) is 4.88 Å². The summed E-state index contributed by atoms with van der Waals surface area (Å²) < 4.78 is 9.10. The van der Waals surface area contributed by atoms with Gasteiger partial charge in [0.1, 0.15) is 29.3 Å². The van der Waals surface area contributed by atoms with Gasteiger partial charge in [-0.2, -0.15) is 5.10 Å². The molecule has 10 nitrogen and oxygen atoms in total. The fourth-order valence-corrected chi connectivity index (χ4v) is 5.67. The molecular weight excluding hydrogens is 430 g/mol. The van der Waals surface area contributed by atoms with E-state index in [0.29, 0.717) is 17.3 Å². The number of thiophene rings is 1. The zero-order valence-electron chi connectivity index (χ0n) is 17.3. The topological polar surface area (TPSA) is 117 Å². The van der Waals surface area contributed by atoms with E-state index in [4.69, 9.17) is 9.40 Å². The van der Waals surface area contributed by atoms with E-state index in [2.05, 4.69) is 22.1 Å². The summed E-state index contributed by atoms with van der Waals surface area (Å²) >= 11 is 1.77. The summed E-state index contributed by atoms with van der Waals surface area (Å²) in [5.74, 6) is 2.38. The molecule has 11 heteroatoms. The Balaban J connectivity index is 1.34. The van der Waals surface area contributed by atoms with E-state index in [0.717, 1.165) is 34.6 Å². The lowest BCUT2D eigenvalue weighted by Crippen LogP contribution is -2.11. The molecule has 1 aliphatic carbocycles. The number of hydrogen-bond donors (Lipinski definition) is 0. The van der Waals surface area contributed by atoms with E-state index >= 15 is 0 Å². The predicted octanol–water partition coefficient (Wildman–Crippen LogP) is 4.27. The van der Waals surface area contributed by atoms with Gasteiger partial charge in [-0.25, -0.2) is 14.5 Å². The minimum atomic E-state index is -0.474. The van der Waals surface area contributed by atoms with Crippen LogP contribution in [0, 0.1) is 16.0 Å². The van der Waals surface area contributed by atoms with Crippen LogP contribution in [-0.2, 0) is 19.4 Å². The number of furan rings is 1. The third-order valence-corrected chi connectivity index (χ3v) is 7.26. The number of fused-ring (bicyclic) bond motifs is 5. The van der Waals surface area contributed by atoms with Crippen molar-refractivity contribution in [3.63, 3.8) is 0 Å². The zero-order chi connectivity index (χ0) is 21.8. The van der Waals surface area contributed by atoms with E-state index in [9.17, 15) is 10.1 Å². The number of nitro groups is 1. The summed E-state index contributed by atoms with van der Waals surface area (Å²) in [6, 6.07) is 3.61. The van der Waals surface area contributed by atoms with Crippen LogP contribution in [0.4, 0.5) is 5.69 Å². The summed E-state index contributed by atoms with van der Waals surface area (Å²) in [5, 5.41) is 20.5. The van der Waals surface area contributed by atoms with Crippen LogP contribution in [0.25, 0.3) is 27.4 Å². The minimum Gasteiger partial charge on any atom is -0.456 e. The SMILES string of the molecule is CC[C@H]1CCc2c(sc3ncn4nc(-c5ccc(Cn6cc([N+](=O)[O-])cn6)o5)nc4c23)C1. The Morgan fingerprint density at radius 1 is 1.38 bits per heavy atom. The Labute approximate surface area is 185 Å². The molecular formula is C21H19N7O3S. The Morgan fingerprint density at radius 2 is 2.28 bits per heavy atom. The maximum atomic E-state index is 10.8. The Hall–Kier alpha value is -3.60. The van der Waals surface area contributed by atoms with Crippen molar-refractivity contribution in [1.29, 1.82) is 0 Å². The van der Waals surface area contributed by atoms with Gasteiger partial charge in [0.15, 0.2) is 11.4 Å². The largest absolute Gasteiger partial charge is 0.456 e. The Kier molecular flexibility index (Phi) is 4.32. The third kappa shape index (κ3) is 3.08. The molecule has 0 saturated heterocycles. The monoisotopic (exact) mass is 449 g/mol. The summed E-state index contributed by atoms with van der Waals surface area (Å²) in [6.07, 6.45) is 8.88. The van der Waals surface area contributed by atoms with Crippen LogP contribution in [0.15, 0.2) is 35.3 Å². The van der Waals surface area contributed by atoms with Crippen molar-refractivity contribution >= 4 is 32.9 Å².